The summed E-state index contributed by atoms with van der Waals surface area (Å²) in [4.78, 5) is 0. The van der Waals surface area contributed by atoms with Crippen molar-refractivity contribution in [3.05, 3.63) is 26.3 Å². The molecule has 0 unspecified atom stereocenters. The van der Waals surface area contributed by atoms with Gasteiger partial charge in [-0.05, 0) is 0 Å². The third-order valence-corrected chi connectivity index (χ3v) is 0. The Morgan fingerprint density at radius 2 is 0.714 bits per heavy atom. The van der Waals surface area contributed by atoms with Gasteiger partial charge in [0.05, 0.1) is 0 Å². The number of hydrogen-bond donors (Lipinski definition) is 0. The molecule has 0 aromatic carbocycles. The standard InChI is InChI=1S/2C2H3.2ClH.Pd/c2*1-2;;;/h2*1H,2H2;2*1H;/q2*-1;;;+2/p-2. The first-order chi connectivity index (χ1) is 2.00. The topological polar surface area (TPSA) is 0 Å². The van der Waals surface area contributed by atoms with Gasteiger partial charge in [0.1, 0.15) is 0 Å². The van der Waals surface area contributed by atoms with Gasteiger partial charge in [0.2, 0.25) is 0 Å². The molecule has 0 saturated carbocycles. The molecule has 7 heavy (non-hydrogen) atoms. The van der Waals surface area contributed by atoms with Crippen LogP contribution < -0.4 is 24.8 Å². The van der Waals surface area contributed by atoms with Crippen LogP contribution in [0.2, 0.25) is 0 Å². The summed E-state index contributed by atoms with van der Waals surface area (Å²) in [5, 5.41) is 0. The molecule has 0 aliphatic carbocycles. The molecule has 48 valence electrons. The summed E-state index contributed by atoms with van der Waals surface area (Å²) in [6.45, 7) is 14.0. The Morgan fingerprint density at radius 1 is 0.714 bits per heavy atom. The number of rotatable bonds is 0. The smallest absolute Gasteiger partial charge is 1.00 e. The predicted molar refractivity (Wildman–Crippen MR) is 19.9 cm³/mol. The minimum absolute atomic E-state index is 0. The molecular weight excluding hydrogens is 225 g/mol. The van der Waals surface area contributed by atoms with Crippen LogP contribution in [0, 0.1) is 13.2 Å². The van der Waals surface area contributed by atoms with E-state index in [1.54, 1.807) is 0 Å². The fourth-order valence-electron chi connectivity index (χ4n) is 0. The Bertz CT molecular complexity index is 11.7. The summed E-state index contributed by atoms with van der Waals surface area (Å²) >= 11 is 0. The Morgan fingerprint density at radius 3 is 0.714 bits per heavy atom. The van der Waals surface area contributed by atoms with E-state index in [0.29, 0.717) is 0 Å². The van der Waals surface area contributed by atoms with E-state index >= 15 is 0 Å². The molecule has 0 saturated heterocycles. The Balaban J connectivity index is -0.00000000267. The molecule has 0 aliphatic heterocycles. The molecule has 0 radical (unpaired) electrons. The first-order valence-electron chi connectivity index (χ1n) is 0.816. The van der Waals surface area contributed by atoms with E-state index in [1.165, 1.54) is 0 Å². The van der Waals surface area contributed by atoms with Gasteiger partial charge in [0.25, 0.3) is 0 Å². The second kappa shape index (κ2) is 422. The Labute approximate surface area is 71.5 Å². The zero-order valence-corrected chi connectivity index (χ0v) is 6.71. The van der Waals surface area contributed by atoms with Crippen molar-refractivity contribution >= 4 is 0 Å². The van der Waals surface area contributed by atoms with Crippen molar-refractivity contribution < 1.29 is 45.2 Å². The predicted octanol–water partition coefficient (Wildman–Crippen LogP) is -4.78. The van der Waals surface area contributed by atoms with Gasteiger partial charge < -0.3 is 38.0 Å². The van der Waals surface area contributed by atoms with Crippen molar-refractivity contribution in [1.29, 1.82) is 0 Å². The monoisotopic (exact) mass is 230 g/mol. The third-order valence-electron chi connectivity index (χ3n) is 0. The maximum absolute atomic E-state index is 4.25. The minimum atomic E-state index is 0. The van der Waals surface area contributed by atoms with E-state index in [0.717, 1.165) is 0 Å². The van der Waals surface area contributed by atoms with Crippen molar-refractivity contribution in [2.24, 2.45) is 0 Å². The largest absolute Gasteiger partial charge is 2.00 e. The molecule has 0 aliphatic rings. The molecule has 0 rings (SSSR count). The van der Waals surface area contributed by atoms with Crippen LogP contribution in [0.25, 0.3) is 0 Å². The maximum Gasteiger partial charge on any atom is 2.00 e. The van der Waals surface area contributed by atoms with E-state index in [1.807, 2.05) is 0 Å². The van der Waals surface area contributed by atoms with Gasteiger partial charge in [-0.25, -0.2) is 0 Å². The summed E-state index contributed by atoms with van der Waals surface area (Å²) in [5.41, 5.74) is 0. The molecule has 0 spiro atoms. The van der Waals surface area contributed by atoms with Crippen LogP contribution in [-0.4, -0.2) is 0 Å². The van der Waals surface area contributed by atoms with Gasteiger partial charge in [-0.3, -0.25) is 13.2 Å². The van der Waals surface area contributed by atoms with Crippen molar-refractivity contribution in [3.8, 4) is 0 Å². The van der Waals surface area contributed by atoms with E-state index in [2.05, 4.69) is 26.3 Å². The quantitative estimate of drug-likeness (QED) is 0.290. The molecule has 0 bridgehead atoms. The van der Waals surface area contributed by atoms with Crippen molar-refractivity contribution in [3.63, 3.8) is 0 Å². The van der Waals surface area contributed by atoms with Gasteiger partial charge in [-0.2, -0.15) is 0 Å². The third kappa shape index (κ3) is 287. The van der Waals surface area contributed by atoms with Crippen LogP contribution in [0.5, 0.6) is 0 Å². The Hall–Kier alpha value is 0.722. The fourth-order valence-corrected chi connectivity index (χ4v) is 0. The number of hydrogen-bond acceptors (Lipinski definition) is 0. The first kappa shape index (κ1) is 47.1. The van der Waals surface area contributed by atoms with Gasteiger partial charge in [-0.15, -0.1) is 0 Å². The van der Waals surface area contributed by atoms with Gasteiger partial charge >= 0.3 is 20.4 Å². The van der Waals surface area contributed by atoms with Crippen LogP contribution >= 0.6 is 0 Å². The SMILES string of the molecule is [CH-]=C.[CH-]=C.[Cl-].[Cl-].[Pd+2]. The summed E-state index contributed by atoms with van der Waals surface area (Å²) in [6, 6.07) is 0. The van der Waals surface area contributed by atoms with E-state index in [4.69, 9.17) is 0 Å². The van der Waals surface area contributed by atoms with Gasteiger partial charge in [0, 0.05) is 0 Å². The van der Waals surface area contributed by atoms with E-state index in [9.17, 15) is 0 Å². The zero-order valence-electron chi connectivity index (χ0n) is 3.64. The van der Waals surface area contributed by atoms with Gasteiger partial charge in [-0.1, -0.05) is 0 Å². The fraction of sp³-hybridized carbons (Fsp3) is 0. The first-order valence-corrected chi connectivity index (χ1v) is 0.816. The average Bonchev–Trinajstić information content (AvgIpc) is 1.50. The van der Waals surface area contributed by atoms with Crippen LogP contribution in [-0.2, 0) is 20.4 Å². The summed E-state index contributed by atoms with van der Waals surface area (Å²) < 4.78 is 0. The molecule has 0 nitrogen and oxygen atoms in total. The second-order valence-electron chi connectivity index (χ2n) is 0. The van der Waals surface area contributed by atoms with Gasteiger partial charge in [0.15, 0.2) is 0 Å². The second-order valence-corrected chi connectivity index (χ2v) is 0. The molecule has 0 atom stereocenters. The van der Waals surface area contributed by atoms with Crippen molar-refractivity contribution in [1.82, 2.24) is 0 Å². The zero-order chi connectivity index (χ0) is 4.00. The van der Waals surface area contributed by atoms with Crippen LogP contribution in [0.1, 0.15) is 0 Å². The molecule has 0 fully saturated rings. The Kier molecular flexibility index (Phi) is 2840. The minimum Gasteiger partial charge on any atom is -1.00 e. The molecule has 0 N–H and O–H groups in total. The molecular formula is C4H6Cl2Pd-2. The van der Waals surface area contributed by atoms with Crippen LogP contribution in [0.15, 0.2) is 13.2 Å². The molecule has 0 amide bonds. The maximum atomic E-state index is 4.25. The summed E-state index contributed by atoms with van der Waals surface area (Å²) in [7, 11) is 0. The van der Waals surface area contributed by atoms with Crippen LogP contribution in [0.3, 0.4) is 0 Å². The molecule has 0 aromatic heterocycles. The van der Waals surface area contributed by atoms with Crippen molar-refractivity contribution in [2.45, 2.75) is 0 Å². The van der Waals surface area contributed by atoms with E-state index in [-0.39, 0.29) is 45.2 Å². The van der Waals surface area contributed by atoms with Crippen LogP contribution in [0.4, 0.5) is 0 Å². The average molecular weight is 231 g/mol. The normalized spacial score (nSPS) is 1.14. The molecule has 3 heteroatoms. The van der Waals surface area contributed by atoms with Crippen molar-refractivity contribution in [2.75, 3.05) is 0 Å². The number of halogens is 2. The summed E-state index contributed by atoms with van der Waals surface area (Å²) in [5.74, 6) is 0. The summed E-state index contributed by atoms with van der Waals surface area (Å²) in [6.07, 6.45) is 0. The molecule has 0 aromatic rings. The van der Waals surface area contributed by atoms with E-state index < -0.39 is 0 Å². The molecule has 0 heterocycles.